The minimum absolute atomic E-state index is 0.0846. The third kappa shape index (κ3) is 4.37. The Bertz CT molecular complexity index is 885. The number of halogens is 1. The van der Waals surface area contributed by atoms with Crippen LogP contribution in [0.3, 0.4) is 0 Å². The first kappa shape index (κ1) is 17.4. The Morgan fingerprint density at radius 3 is 2.60 bits per heavy atom. The number of benzene rings is 2. The Labute approximate surface area is 153 Å². The molecule has 1 unspecified atom stereocenters. The Hall–Kier alpha value is -2.39. The van der Waals surface area contributed by atoms with E-state index in [-0.39, 0.29) is 5.92 Å². The minimum atomic E-state index is -0.0846. The van der Waals surface area contributed by atoms with Gasteiger partial charge in [0.25, 0.3) is 0 Å². The third-order valence-corrected chi connectivity index (χ3v) is 4.54. The quantitative estimate of drug-likeness (QED) is 0.600. The zero-order chi connectivity index (χ0) is 17.8. The van der Waals surface area contributed by atoms with Crippen LogP contribution in [0.25, 0.3) is 5.69 Å². The minimum Gasteiger partial charge on any atom is -0.303 e. The molecule has 3 rings (SSSR count). The third-order valence-electron chi connectivity index (χ3n) is 4.24. The van der Waals surface area contributed by atoms with E-state index in [4.69, 9.17) is 11.6 Å². The lowest BCUT2D eigenvalue weighted by Crippen LogP contribution is -2.11. The normalized spacial score (nSPS) is 12.1. The summed E-state index contributed by atoms with van der Waals surface area (Å²) in [6.45, 7) is 4.07. The maximum atomic E-state index is 11.5. The van der Waals surface area contributed by atoms with Gasteiger partial charge in [0, 0.05) is 18.5 Å². The molecule has 0 bridgehead atoms. The molecule has 25 heavy (non-hydrogen) atoms. The van der Waals surface area contributed by atoms with Gasteiger partial charge in [-0.25, -0.2) is 4.68 Å². The SMILES string of the molecule is Cc1cccc(CC(C=O)Cc2ccn(-c3ccc(C)cc3Cl)n2)c1. The molecule has 128 valence electrons. The number of rotatable bonds is 6. The first-order chi connectivity index (χ1) is 12.0. The van der Waals surface area contributed by atoms with E-state index in [1.54, 1.807) is 4.68 Å². The summed E-state index contributed by atoms with van der Waals surface area (Å²) in [6, 6.07) is 16.1. The summed E-state index contributed by atoms with van der Waals surface area (Å²) in [5.41, 5.74) is 5.24. The summed E-state index contributed by atoms with van der Waals surface area (Å²) in [5.74, 6) is -0.0846. The lowest BCUT2D eigenvalue weighted by Gasteiger charge is -2.09. The van der Waals surface area contributed by atoms with E-state index in [9.17, 15) is 4.79 Å². The highest BCUT2D eigenvalue weighted by molar-refractivity contribution is 6.32. The van der Waals surface area contributed by atoms with Crippen LogP contribution >= 0.6 is 11.6 Å². The molecule has 1 atom stereocenters. The first-order valence-electron chi connectivity index (χ1n) is 8.37. The van der Waals surface area contributed by atoms with Crippen molar-refractivity contribution >= 4 is 17.9 Å². The fourth-order valence-corrected chi connectivity index (χ4v) is 3.30. The van der Waals surface area contributed by atoms with Crippen LogP contribution in [0.5, 0.6) is 0 Å². The molecule has 0 saturated heterocycles. The topological polar surface area (TPSA) is 34.9 Å². The van der Waals surface area contributed by atoms with Crippen LogP contribution < -0.4 is 0 Å². The van der Waals surface area contributed by atoms with E-state index >= 15 is 0 Å². The molecular formula is C21H21ClN2O. The Balaban J connectivity index is 1.74. The number of hydrogen-bond acceptors (Lipinski definition) is 2. The van der Waals surface area contributed by atoms with Gasteiger partial charge in [0.15, 0.2) is 0 Å². The summed E-state index contributed by atoms with van der Waals surface area (Å²) < 4.78 is 1.77. The van der Waals surface area contributed by atoms with Gasteiger partial charge in [-0.1, -0.05) is 47.5 Å². The molecule has 0 fully saturated rings. The lowest BCUT2D eigenvalue weighted by atomic mass is 9.95. The van der Waals surface area contributed by atoms with Crippen molar-refractivity contribution < 1.29 is 4.79 Å². The molecule has 0 aliphatic heterocycles. The number of aldehydes is 1. The molecule has 0 aliphatic carbocycles. The van der Waals surface area contributed by atoms with Crippen molar-refractivity contribution in [3.8, 4) is 5.69 Å². The molecular weight excluding hydrogens is 332 g/mol. The molecule has 0 saturated carbocycles. The monoisotopic (exact) mass is 352 g/mol. The van der Waals surface area contributed by atoms with Crippen LogP contribution in [0.1, 0.15) is 22.4 Å². The van der Waals surface area contributed by atoms with Crippen molar-refractivity contribution in [1.82, 2.24) is 9.78 Å². The summed E-state index contributed by atoms with van der Waals surface area (Å²) in [5, 5.41) is 5.26. The van der Waals surface area contributed by atoms with Crippen LogP contribution in [0, 0.1) is 19.8 Å². The summed E-state index contributed by atoms with van der Waals surface area (Å²) >= 11 is 6.31. The molecule has 3 nitrogen and oxygen atoms in total. The highest BCUT2D eigenvalue weighted by Gasteiger charge is 2.13. The predicted molar refractivity (Wildman–Crippen MR) is 101 cm³/mol. The molecule has 1 heterocycles. The Kier molecular flexibility index (Phi) is 5.34. The number of carbonyl (C=O) groups excluding carboxylic acids is 1. The summed E-state index contributed by atoms with van der Waals surface area (Å²) in [7, 11) is 0. The van der Waals surface area contributed by atoms with E-state index in [0.717, 1.165) is 29.7 Å². The van der Waals surface area contributed by atoms with Crippen LogP contribution in [-0.4, -0.2) is 16.1 Å². The second-order valence-corrected chi connectivity index (χ2v) is 6.91. The van der Waals surface area contributed by atoms with Gasteiger partial charge in [-0.2, -0.15) is 5.10 Å². The van der Waals surface area contributed by atoms with Crippen molar-refractivity contribution in [1.29, 1.82) is 0 Å². The van der Waals surface area contributed by atoms with Gasteiger partial charge in [0.05, 0.1) is 16.4 Å². The van der Waals surface area contributed by atoms with Gasteiger partial charge < -0.3 is 4.79 Å². The average Bonchev–Trinajstić information content (AvgIpc) is 3.02. The molecule has 0 N–H and O–H groups in total. The van der Waals surface area contributed by atoms with Gasteiger partial charge in [0.2, 0.25) is 0 Å². The van der Waals surface area contributed by atoms with Crippen molar-refractivity contribution in [3.63, 3.8) is 0 Å². The van der Waals surface area contributed by atoms with E-state index < -0.39 is 0 Å². The molecule has 0 radical (unpaired) electrons. The predicted octanol–water partition coefficient (Wildman–Crippen LogP) is 4.74. The van der Waals surface area contributed by atoms with E-state index in [2.05, 4.69) is 30.2 Å². The second kappa shape index (κ2) is 7.66. The molecule has 0 aliphatic rings. The maximum absolute atomic E-state index is 11.5. The molecule has 2 aromatic carbocycles. The van der Waals surface area contributed by atoms with Crippen molar-refractivity contribution in [2.24, 2.45) is 5.92 Å². The number of carbonyl (C=O) groups is 1. The van der Waals surface area contributed by atoms with Gasteiger partial charge in [-0.3, -0.25) is 0 Å². The highest BCUT2D eigenvalue weighted by atomic mass is 35.5. The first-order valence-corrected chi connectivity index (χ1v) is 8.75. The number of aryl methyl sites for hydroxylation is 2. The summed E-state index contributed by atoms with van der Waals surface area (Å²) in [4.78, 5) is 11.5. The van der Waals surface area contributed by atoms with Crippen LogP contribution in [0.15, 0.2) is 54.7 Å². The number of aromatic nitrogens is 2. The Morgan fingerprint density at radius 2 is 1.88 bits per heavy atom. The smallest absolute Gasteiger partial charge is 0.123 e. The standard InChI is InChI=1S/C21H21ClN2O/c1-15-4-3-5-17(10-15)12-18(14-25)13-19-8-9-24(23-19)21-7-6-16(2)11-20(21)22/h3-11,14,18H,12-13H2,1-2H3. The van der Waals surface area contributed by atoms with Gasteiger partial charge in [-0.05, 0) is 49.6 Å². The van der Waals surface area contributed by atoms with Crippen LogP contribution in [0.2, 0.25) is 5.02 Å². The Morgan fingerprint density at radius 1 is 1.08 bits per heavy atom. The van der Waals surface area contributed by atoms with E-state index in [1.807, 2.05) is 43.5 Å². The van der Waals surface area contributed by atoms with Crippen LogP contribution in [-0.2, 0) is 17.6 Å². The van der Waals surface area contributed by atoms with Crippen molar-refractivity contribution in [3.05, 3.63) is 82.1 Å². The number of nitrogens with zero attached hydrogens (tertiary/aromatic N) is 2. The van der Waals surface area contributed by atoms with Crippen molar-refractivity contribution in [2.75, 3.05) is 0 Å². The molecule has 1 aromatic heterocycles. The lowest BCUT2D eigenvalue weighted by molar-refractivity contribution is -0.111. The zero-order valence-corrected chi connectivity index (χ0v) is 15.2. The molecule has 0 spiro atoms. The average molecular weight is 353 g/mol. The van der Waals surface area contributed by atoms with Gasteiger partial charge in [-0.15, -0.1) is 0 Å². The largest absolute Gasteiger partial charge is 0.303 e. The highest BCUT2D eigenvalue weighted by Crippen LogP contribution is 2.22. The summed E-state index contributed by atoms with van der Waals surface area (Å²) in [6.07, 6.45) is 4.26. The number of hydrogen-bond donors (Lipinski definition) is 0. The van der Waals surface area contributed by atoms with E-state index in [0.29, 0.717) is 11.4 Å². The molecule has 0 amide bonds. The van der Waals surface area contributed by atoms with Gasteiger partial charge >= 0.3 is 0 Å². The molecule has 4 heteroatoms. The van der Waals surface area contributed by atoms with Crippen molar-refractivity contribution in [2.45, 2.75) is 26.7 Å². The van der Waals surface area contributed by atoms with E-state index in [1.165, 1.54) is 11.1 Å². The van der Waals surface area contributed by atoms with Crippen LogP contribution in [0.4, 0.5) is 0 Å². The van der Waals surface area contributed by atoms with Gasteiger partial charge in [0.1, 0.15) is 6.29 Å². The zero-order valence-electron chi connectivity index (χ0n) is 14.4. The maximum Gasteiger partial charge on any atom is 0.123 e. The fourth-order valence-electron chi connectivity index (χ4n) is 2.98. The second-order valence-electron chi connectivity index (χ2n) is 6.50. The fraction of sp³-hybridized carbons (Fsp3) is 0.238. The molecule has 3 aromatic rings.